The lowest BCUT2D eigenvalue weighted by molar-refractivity contribution is 0.340. The maximum Gasteiger partial charge on any atom is 0.216 e. The molecule has 152 valence electrons. The van der Waals surface area contributed by atoms with E-state index in [9.17, 15) is 0 Å². The molecule has 0 unspecified atom stereocenters. The smallest absolute Gasteiger partial charge is 0.216 e. The molecule has 4 aromatic rings. The van der Waals surface area contributed by atoms with E-state index >= 15 is 0 Å². The van der Waals surface area contributed by atoms with Gasteiger partial charge in [0.25, 0.3) is 0 Å². The van der Waals surface area contributed by atoms with Crippen molar-refractivity contribution in [3.63, 3.8) is 0 Å². The zero-order valence-electron chi connectivity index (χ0n) is 16.8. The van der Waals surface area contributed by atoms with Gasteiger partial charge in [-0.25, -0.2) is 5.10 Å². The van der Waals surface area contributed by atoms with Gasteiger partial charge in [0, 0.05) is 5.56 Å². The average Bonchev–Trinajstić information content (AvgIpc) is 3.14. The maximum atomic E-state index is 5.84. The number of aromatic nitrogens is 3. The molecule has 0 aliphatic rings. The first kappa shape index (κ1) is 19.8. The van der Waals surface area contributed by atoms with Crippen LogP contribution in [0.4, 0.5) is 0 Å². The Balaban J connectivity index is 1.83. The van der Waals surface area contributed by atoms with Gasteiger partial charge in [-0.1, -0.05) is 42.5 Å². The lowest BCUT2D eigenvalue weighted by Gasteiger charge is -2.11. The van der Waals surface area contributed by atoms with Crippen molar-refractivity contribution in [3.05, 3.63) is 71.0 Å². The lowest BCUT2D eigenvalue weighted by Crippen LogP contribution is -2.01. The SMILES string of the molecule is CCOc1ccccc1-c1n[nH]c(=S)n1/N=C\c1c(OCC)ccc2ccccc12. The lowest BCUT2D eigenvalue weighted by atomic mass is 10.0. The highest BCUT2D eigenvalue weighted by atomic mass is 32.1. The summed E-state index contributed by atoms with van der Waals surface area (Å²) in [6, 6.07) is 19.8. The minimum absolute atomic E-state index is 0.394. The normalized spacial score (nSPS) is 11.3. The molecule has 30 heavy (non-hydrogen) atoms. The highest BCUT2D eigenvalue weighted by molar-refractivity contribution is 7.71. The molecule has 0 aliphatic carbocycles. The summed E-state index contributed by atoms with van der Waals surface area (Å²) in [6.07, 6.45) is 1.77. The zero-order chi connectivity index (χ0) is 20.9. The summed E-state index contributed by atoms with van der Waals surface area (Å²) in [7, 11) is 0. The fourth-order valence-electron chi connectivity index (χ4n) is 3.31. The van der Waals surface area contributed by atoms with Crippen LogP contribution in [-0.4, -0.2) is 34.3 Å². The first-order chi connectivity index (χ1) is 14.7. The highest BCUT2D eigenvalue weighted by Crippen LogP contribution is 2.29. The van der Waals surface area contributed by atoms with E-state index in [2.05, 4.69) is 27.4 Å². The van der Waals surface area contributed by atoms with Crippen molar-refractivity contribution in [3.8, 4) is 22.9 Å². The van der Waals surface area contributed by atoms with Gasteiger partial charge < -0.3 is 9.47 Å². The second-order valence-electron chi connectivity index (χ2n) is 6.47. The number of fused-ring (bicyclic) bond motifs is 1. The Labute approximate surface area is 179 Å². The van der Waals surface area contributed by atoms with Gasteiger partial charge in [-0.05, 0) is 55.0 Å². The van der Waals surface area contributed by atoms with Gasteiger partial charge in [0.15, 0.2) is 5.82 Å². The third-order valence-electron chi connectivity index (χ3n) is 4.61. The van der Waals surface area contributed by atoms with E-state index in [0.29, 0.717) is 23.8 Å². The number of ether oxygens (including phenoxy) is 2. The summed E-state index contributed by atoms with van der Waals surface area (Å²) in [5.74, 6) is 2.08. The Kier molecular flexibility index (Phi) is 5.90. The molecule has 6 nitrogen and oxygen atoms in total. The van der Waals surface area contributed by atoms with Crippen molar-refractivity contribution in [2.24, 2.45) is 5.10 Å². The van der Waals surface area contributed by atoms with E-state index in [4.69, 9.17) is 21.7 Å². The number of nitrogens with zero attached hydrogens (tertiary/aromatic N) is 3. The van der Waals surface area contributed by atoms with Gasteiger partial charge in [0.1, 0.15) is 11.5 Å². The van der Waals surface area contributed by atoms with E-state index in [1.807, 2.05) is 62.4 Å². The van der Waals surface area contributed by atoms with Gasteiger partial charge >= 0.3 is 0 Å². The summed E-state index contributed by atoms with van der Waals surface area (Å²) in [5, 5.41) is 14.0. The minimum atomic E-state index is 0.394. The van der Waals surface area contributed by atoms with E-state index in [1.54, 1.807) is 10.9 Å². The Morgan fingerprint density at radius 2 is 1.70 bits per heavy atom. The van der Waals surface area contributed by atoms with Crippen LogP contribution in [0.3, 0.4) is 0 Å². The third kappa shape index (κ3) is 3.84. The molecule has 1 N–H and O–H groups in total. The van der Waals surface area contributed by atoms with Crippen LogP contribution >= 0.6 is 12.2 Å². The molecular weight excluding hydrogens is 396 g/mol. The van der Waals surface area contributed by atoms with Crippen molar-refractivity contribution in [1.82, 2.24) is 14.9 Å². The number of hydrogen-bond donors (Lipinski definition) is 1. The molecule has 3 aromatic carbocycles. The molecule has 0 radical (unpaired) electrons. The van der Waals surface area contributed by atoms with Crippen molar-refractivity contribution in [2.45, 2.75) is 13.8 Å². The summed E-state index contributed by atoms with van der Waals surface area (Å²) in [5.41, 5.74) is 1.70. The van der Waals surface area contributed by atoms with Gasteiger partial charge in [-0.15, -0.1) is 0 Å². The van der Waals surface area contributed by atoms with Gasteiger partial charge in [0.05, 0.1) is 25.0 Å². The fraction of sp³-hybridized carbons (Fsp3) is 0.174. The quantitative estimate of drug-likeness (QED) is 0.321. The Hall–Kier alpha value is -3.45. The van der Waals surface area contributed by atoms with Crippen molar-refractivity contribution in [2.75, 3.05) is 13.2 Å². The molecule has 1 heterocycles. The van der Waals surface area contributed by atoms with Gasteiger partial charge in [-0.3, -0.25) is 0 Å². The third-order valence-corrected chi connectivity index (χ3v) is 4.88. The summed E-state index contributed by atoms with van der Waals surface area (Å²) in [4.78, 5) is 0. The van der Waals surface area contributed by atoms with Crippen LogP contribution in [0.25, 0.3) is 22.2 Å². The summed E-state index contributed by atoms with van der Waals surface area (Å²) >= 11 is 5.44. The first-order valence-corrected chi connectivity index (χ1v) is 10.2. The molecule has 0 saturated heterocycles. The van der Waals surface area contributed by atoms with Gasteiger partial charge in [-0.2, -0.15) is 14.9 Å². The number of para-hydroxylation sites is 1. The van der Waals surface area contributed by atoms with Crippen LogP contribution in [-0.2, 0) is 0 Å². The number of rotatable bonds is 7. The van der Waals surface area contributed by atoms with Crippen LogP contribution in [0.2, 0.25) is 0 Å². The molecule has 0 aliphatic heterocycles. The molecular formula is C23H22N4O2S. The standard InChI is InChI=1S/C23H22N4O2S/c1-3-28-20-12-8-7-11-18(20)22-25-26-23(30)27(22)24-15-19-17-10-6-5-9-16(17)13-14-21(19)29-4-2/h5-15H,3-4H2,1-2H3,(H,26,30)/b24-15-. The second kappa shape index (κ2) is 8.92. The van der Waals surface area contributed by atoms with Crippen molar-refractivity contribution >= 4 is 29.2 Å². The Morgan fingerprint density at radius 3 is 2.53 bits per heavy atom. The van der Waals surface area contributed by atoms with Crippen LogP contribution in [0.5, 0.6) is 11.5 Å². The van der Waals surface area contributed by atoms with Crippen LogP contribution in [0, 0.1) is 4.77 Å². The number of H-pyrrole nitrogens is 1. The van der Waals surface area contributed by atoms with Crippen molar-refractivity contribution < 1.29 is 9.47 Å². The van der Waals surface area contributed by atoms with Crippen LogP contribution in [0.1, 0.15) is 19.4 Å². The average molecular weight is 419 g/mol. The van der Waals surface area contributed by atoms with Crippen LogP contribution in [0.15, 0.2) is 65.8 Å². The molecule has 4 rings (SSSR count). The highest BCUT2D eigenvalue weighted by Gasteiger charge is 2.14. The largest absolute Gasteiger partial charge is 0.493 e. The monoisotopic (exact) mass is 418 g/mol. The molecule has 0 fully saturated rings. The Bertz CT molecular complexity index is 1260. The number of nitrogens with one attached hydrogen (secondary N) is 1. The van der Waals surface area contributed by atoms with E-state index in [0.717, 1.165) is 33.4 Å². The molecule has 0 bridgehead atoms. The van der Waals surface area contributed by atoms with Gasteiger partial charge in [0.2, 0.25) is 4.77 Å². The maximum absolute atomic E-state index is 5.84. The predicted molar refractivity (Wildman–Crippen MR) is 122 cm³/mol. The predicted octanol–water partition coefficient (Wildman–Crippen LogP) is 5.44. The zero-order valence-corrected chi connectivity index (χ0v) is 17.6. The first-order valence-electron chi connectivity index (χ1n) is 9.81. The fourth-order valence-corrected chi connectivity index (χ4v) is 3.49. The summed E-state index contributed by atoms with van der Waals surface area (Å²) in [6.45, 7) is 5.03. The van der Waals surface area contributed by atoms with E-state index in [-0.39, 0.29) is 0 Å². The van der Waals surface area contributed by atoms with Crippen molar-refractivity contribution in [1.29, 1.82) is 0 Å². The van der Waals surface area contributed by atoms with E-state index in [1.165, 1.54) is 0 Å². The molecule has 0 spiro atoms. The minimum Gasteiger partial charge on any atom is -0.493 e. The number of benzene rings is 3. The molecule has 0 atom stereocenters. The Morgan fingerprint density at radius 1 is 0.967 bits per heavy atom. The summed E-state index contributed by atoms with van der Waals surface area (Å²) < 4.78 is 13.6. The second-order valence-corrected chi connectivity index (χ2v) is 6.86. The topological polar surface area (TPSA) is 64.4 Å². The van der Waals surface area contributed by atoms with E-state index < -0.39 is 0 Å². The number of hydrogen-bond acceptors (Lipinski definition) is 5. The molecule has 0 amide bonds. The molecule has 0 saturated carbocycles. The molecule has 1 aromatic heterocycles. The number of aromatic amines is 1. The molecule has 7 heteroatoms. The van der Waals surface area contributed by atoms with Crippen LogP contribution < -0.4 is 9.47 Å².